The molecule has 0 saturated heterocycles. The van der Waals surface area contributed by atoms with E-state index in [4.69, 9.17) is 4.74 Å². The van der Waals surface area contributed by atoms with Crippen LogP contribution in [-0.4, -0.2) is 23.7 Å². The lowest BCUT2D eigenvalue weighted by Gasteiger charge is -2.09. The quantitative estimate of drug-likeness (QED) is 0.940. The summed E-state index contributed by atoms with van der Waals surface area (Å²) in [5, 5.41) is 3.03. The van der Waals surface area contributed by atoms with Gasteiger partial charge in [-0.05, 0) is 34.1 Å². The summed E-state index contributed by atoms with van der Waals surface area (Å²) in [4.78, 5) is 4.19. The van der Waals surface area contributed by atoms with Crippen molar-refractivity contribution in [2.24, 2.45) is 0 Å². The van der Waals surface area contributed by atoms with Gasteiger partial charge in [0.15, 0.2) is 0 Å². The van der Waals surface area contributed by atoms with Gasteiger partial charge in [0.2, 0.25) is 5.95 Å². The number of benzene rings is 1. The Hall–Kier alpha value is -1.49. The number of hydrogen-bond donors (Lipinski definition) is 1. The lowest BCUT2D eigenvalue weighted by molar-refractivity contribution is 0.412. The molecule has 1 aromatic heterocycles. The van der Waals surface area contributed by atoms with Crippen molar-refractivity contribution in [1.82, 2.24) is 9.55 Å². The largest absolute Gasteiger partial charge is 0.496 e. The minimum atomic E-state index is 0.803. The van der Waals surface area contributed by atoms with Gasteiger partial charge in [-0.1, -0.05) is 0 Å². The molecule has 0 unspecified atom stereocenters. The number of ether oxygens (including phenoxy) is 1. The van der Waals surface area contributed by atoms with Crippen LogP contribution in [0.5, 0.6) is 5.75 Å². The second-order valence-corrected chi connectivity index (χ2v) is 4.04. The average Bonchev–Trinajstić information content (AvgIpc) is 2.77. The molecule has 4 nitrogen and oxygen atoms in total. The molecule has 0 aliphatic rings. The van der Waals surface area contributed by atoms with Crippen molar-refractivity contribution in [3.63, 3.8) is 0 Å². The summed E-state index contributed by atoms with van der Waals surface area (Å²) < 4.78 is 8.07. The number of methoxy groups -OCH3 is 1. The van der Waals surface area contributed by atoms with E-state index in [-0.39, 0.29) is 0 Å². The van der Waals surface area contributed by atoms with Crippen molar-refractivity contribution in [2.75, 3.05) is 19.5 Å². The minimum Gasteiger partial charge on any atom is -0.496 e. The lowest BCUT2D eigenvalue weighted by Crippen LogP contribution is -2.00. The van der Waals surface area contributed by atoms with Crippen LogP contribution in [0.2, 0.25) is 0 Å². The highest BCUT2D eigenvalue weighted by atomic mass is 79.9. The first-order chi connectivity index (χ1) is 7.76. The van der Waals surface area contributed by atoms with E-state index >= 15 is 0 Å². The maximum absolute atomic E-state index is 5.19. The molecule has 0 saturated carbocycles. The summed E-state index contributed by atoms with van der Waals surface area (Å²) in [7, 11) is 3.49. The molecule has 2 aromatic rings. The topological polar surface area (TPSA) is 39.1 Å². The minimum absolute atomic E-state index is 0.803. The van der Waals surface area contributed by atoms with E-state index < -0.39 is 0 Å². The van der Waals surface area contributed by atoms with Crippen LogP contribution in [0.4, 0.5) is 5.95 Å². The standard InChI is InChI=1S/C11H12BrN3O/c1-13-11-14-5-6-15(11)8-3-4-10(16-2)9(12)7-8/h3-7H,1-2H3,(H,13,14). The summed E-state index contributed by atoms with van der Waals surface area (Å²) in [6, 6.07) is 5.88. The van der Waals surface area contributed by atoms with E-state index in [0.717, 1.165) is 21.9 Å². The third-order valence-corrected chi connectivity index (χ3v) is 2.90. The molecule has 1 heterocycles. The zero-order valence-electron chi connectivity index (χ0n) is 9.07. The fraction of sp³-hybridized carbons (Fsp3) is 0.182. The summed E-state index contributed by atoms with van der Waals surface area (Å²) >= 11 is 3.46. The van der Waals surface area contributed by atoms with Crippen LogP contribution in [-0.2, 0) is 0 Å². The van der Waals surface area contributed by atoms with E-state index in [9.17, 15) is 0 Å². The van der Waals surface area contributed by atoms with E-state index in [1.807, 2.05) is 36.0 Å². The zero-order valence-corrected chi connectivity index (χ0v) is 10.7. The number of hydrogen-bond acceptors (Lipinski definition) is 3. The Kier molecular flexibility index (Phi) is 3.14. The van der Waals surface area contributed by atoms with Gasteiger partial charge >= 0.3 is 0 Å². The van der Waals surface area contributed by atoms with E-state index in [1.165, 1.54) is 0 Å². The number of aromatic nitrogens is 2. The Morgan fingerprint density at radius 3 is 2.88 bits per heavy atom. The van der Waals surface area contributed by atoms with Crippen molar-refractivity contribution < 1.29 is 4.74 Å². The van der Waals surface area contributed by atoms with Crippen molar-refractivity contribution in [1.29, 1.82) is 0 Å². The van der Waals surface area contributed by atoms with Gasteiger partial charge in [0.05, 0.1) is 11.6 Å². The van der Waals surface area contributed by atoms with Gasteiger partial charge in [-0.2, -0.15) is 0 Å². The highest BCUT2D eigenvalue weighted by molar-refractivity contribution is 9.10. The highest BCUT2D eigenvalue weighted by Gasteiger charge is 2.06. The van der Waals surface area contributed by atoms with Crippen LogP contribution in [0, 0.1) is 0 Å². The fourth-order valence-corrected chi connectivity index (χ4v) is 2.03. The Labute approximate surface area is 102 Å². The Morgan fingerprint density at radius 1 is 1.44 bits per heavy atom. The van der Waals surface area contributed by atoms with Crippen molar-refractivity contribution in [3.8, 4) is 11.4 Å². The van der Waals surface area contributed by atoms with Crippen LogP contribution < -0.4 is 10.1 Å². The first-order valence-corrected chi connectivity index (χ1v) is 5.60. The molecule has 0 aliphatic heterocycles. The van der Waals surface area contributed by atoms with Gasteiger partial charge < -0.3 is 10.1 Å². The predicted octanol–water partition coefficient (Wildman–Crippen LogP) is 2.69. The van der Waals surface area contributed by atoms with Crippen LogP contribution >= 0.6 is 15.9 Å². The van der Waals surface area contributed by atoms with E-state index in [2.05, 4.69) is 26.2 Å². The van der Waals surface area contributed by atoms with E-state index in [1.54, 1.807) is 13.3 Å². The molecule has 5 heteroatoms. The Morgan fingerprint density at radius 2 is 2.25 bits per heavy atom. The molecule has 0 spiro atoms. The summed E-state index contributed by atoms with van der Waals surface area (Å²) in [6.45, 7) is 0. The fourth-order valence-electron chi connectivity index (χ4n) is 1.50. The molecule has 0 atom stereocenters. The molecule has 2 rings (SSSR count). The Bertz CT molecular complexity index is 496. The highest BCUT2D eigenvalue weighted by Crippen LogP contribution is 2.27. The van der Waals surface area contributed by atoms with Crippen LogP contribution in [0.1, 0.15) is 0 Å². The maximum Gasteiger partial charge on any atom is 0.207 e. The van der Waals surface area contributed by atoms with Crippen molar-refractivity contribution >= 4 is 21.9 Å². The molecule has 1 aromatic carbocycles. The maximum atomic E-state index is 5.19. The van der Waals surface area contributed by atoms with Gasteiger partial charge in [-0.3, -0.25) is 4.57 Å². The second-order valence-electron chi connectivity index (χ2n) is 3.19. The summed E-state index contributed by atoms with van der Waals surface area (Å²) in [5.41, 5.74) is 1.02. The number of anilines is 1. The molecule has 0 amide bonds. The van der Waals surface area contributed by atoms with Crippen molar-refractivity contribution in [3.05, 3.63) is 35.1 Å². The van der Waals surface area contributed by atoms with Crippen LogP contribution in [0.15, 0.2) is 35.1 Å². The Balaban J connectivity index is 2.45. The van der Waals surface area contributed by atoms with Crippen LogP contribution in [0.3, 0.4) is 0 Å². The average molecular weight is 282 g/mol. The smallest absolute Gasteiger partial charge is 0.207 e. The molecule has 0 fully saturated rings. The predicted molar refractivity (Wildman–Crippen MR) is 67.4 cm³/mol. The van der Waals surface area contributed by atoms with Crippen LogP contribution in [0.25, 0.3) is 5.69 Å². The van der Waals surface area contributed by atoms with Gasteiger partial charge in [-0.25, -0.2) is 4.98 Å². The number of imidazole rings is 1. The monoisotopic (exact) mass is 281 g/mol. The third kappa shape index (κ3) is 1.90. The normalized spacial score (nSPS) is 10.2. The molecule has 0 aliphatic carbocycles. The molecular formula is C11H12BrN3O. The molecule has 0 bridgehead atoms. The number of halogens is 1. The second kappa shape index (κ2) is 4.57. The van der Waals surface area contributed by atoms with E-state index in [0.29, 0.717) is 0 Å². The molecule has 1 N–H and O–H groups in total. The first-order valence-electron chi connectivity index (χ1n) is 4.81. The third-order valence-electron chi connectivity index (χ3n) is 2.28. The molecule has 0 radical (unpaired) electrons. The number of rotatable bonds is 3. The van der Waals surface area contributed by atoms with Gasteiger partial charge in [0.1, 0.15) is 5.75 Å². The van der Waals surface area contributed by atoms with Gasteiger partial charge in [0, 0.05) is 25.1 Å². The lowest BCUT2D eigenvalue weighted by atomic mass is 10.3. The molecular weight excluding hydrogens is 270 g/mol. The SMILES string of the molecule is CNc1nccn1-c1ccc(OC)c(Br)c1. The molecule has 16 heavy (non-hydrogen) atoms. The number of nitrogens with zero attached hydrogens (tertiary/aromatic N) is 2. The van der Waals surface area contributed by atoms with Crippen molar-refractivity contribution in [2.45, 2.75) is 0 Å². The number of nitrogens with one attached hydrogen (secondary N) is 1. The zero-order chi connectivity index (χ0) is 11.5. The summed E-state index contributed by atoms with van der Waals surface area (Å²) in [6.07, 6.45) is 3.66. The molecule has 84 valence electrons. The van der Waals surface area contributed by atoms with Gasteiger partial charge in [0.25, 0.3) is 0 Å². The van der Waals surface area contributed by atoms with Gasteiger partial charge in [-0.15, -0.1) is 0 Å². The summed E-state index contributed by atoms with van der Waals surface area (Å²) in [5.74, 6) is 1.62. The first kappa shape index (κ1) is 11.0.